The number of hydrogen-bond acceptors (Lipinski definition) is 4. The van der Waals surface area contributed by atoms with Gasteiger partial charge in [-0.1, -0.05) is 28.9 Å². The van der Waals surface area contributed by atoms with Gasteiger partial charge in [0.05, 0.1) is 10.6 Å². The Morgan fingerprint density at radius 3 is 2.36 bits per heavy atom. The summed E-state index contributed by atoms with van der Waals surface area (Å²) in [6, 6.07) is 13.7. The smallest absolute Gasteiger partial charge is 0.269 e. The van der Waals surface area contributed by atoms with Crippen molar-refractivity contribution in [1.82, 2.24) is 0 Å². The van der Waals surface area contributed by atoms with Crippen molar-refractivity contribution in [2.45, 2.75) is 12.3 Å². The van der Waals surface area contributed by atoms with Gasteiger partial charge in [-0.2, -0.15) is 0 Å². The van der Waals surface area contributed by atoms with Gasteiger partial charge in [-0.15, -0.1) is 0 Å². The van der Waals surface area contributed by atoms with E-state index in [0.717, 1.165) is 12.0 Å². The molecule has 0 saturated heterocycles. The Labute approximate surface area is 132 Å². The fraction of sp³-hybridized carbons (Fsp3) is 0.188. The molecular weight excluding hydrogens is 304 g/mol. The Kier molecular flexibility index (Phi) is 3.81. The number of nitro groups is 1. The Morgan fingerprint density at radius 1 is 1.18 bits per heavy atom. The first kappa shape index (κ1) is 14.5. The van der Waals surface area contributed by atoms with E-state index in [0.29, 0.717) is 22.2 Å². The first-order valence-corrected chi connectivity index (χ1v) is 7.20. The van der Waals surface area contributed by atoms with Gasteiger partial charge in [0.15, 0.2) is 0 Å². The van der Waals surface area contributed by atoms with E-state index in [-0.39, 0.29) is 11.6 Å². The van der Waals surface area contributed by atoms with Gasteiger partial charge in [0, 0.05) is 28.6 Å². The maximum absolute atomic E-state index is 10.7. The van der Waals surface area contributed by atoms with Crippen molar-refractivity contribution in [3.63, 3.8) is 0 Å². The minimum Gasteiger partial charge on any atom is -0.411 e. The van der Waals surface area contributed by atoms with Crippen molar-refractivity contribution in [1.29, 1.82) is 0 Å². The normalized spacial score (nSPS) is 20.7. The zero-order chi connectivity index (χ0) is 15.7. The lowest BCUT2D eigenvalue weighted by Crippen LogP contribution is -2.05. The summed E-state index contributed by atoms with van der Waals surface area (Å²) in [7, 11) is 0. The zero-order valence-electron chi connectivity index (χ0n) is 11.5. The van der Waals surface area contributed by atoms with E-state index in [1.165, 1.54) is 12.1 Å². The highest BCUT2D eigenvalue weighted by molar-refractivity contribution is 6.30. The van der Waals surface area contributed by atoms with Gasteiger partial charge >= 0.3 is 0 Å². The number of rotatable bonds is 4. The van der Waals surface area contributed by atoms with Crippen molar-refractivity contribution in [3.05, 3.63) is 74.8 Å². The van der Waals surface area contributed by atoms with Crippen LogP contribution in [0.15, 0.2) is 53.7 Å². The molecule has 0 radical (unpaired) electrons. The van der Waals surface area contributed by atoms with Gasteiger partial charge in [-0.05, 0) is 42.2 Å². The third kappa shape index (κ3) is 2.80. The van der Waals surface area contributed by atoms with E-state index in [4.69, 9.17) is 11.6 Å². The summed E-state index contributed by atoms with van der Waals surface area (Å²) in [5.74, 6) is 0.408. The molecule has 5 nitrogen and oxygen atoms in total. The van der Waals surface area contributed by atoms with Gasteiger partial charge in [-0.3, -0.25) is 10.1 Å². The molecule has 1 aliphatic rings. The average Bonchev–Trinajstić information content (AvgIpc) is 3.30. The number of benzene rings is 2. The van der Waals surface area contributed by atoms with Crippen LogP contribution in [-0.2, 0) is 0 Å². The summed E-state index contributed by atoms with van der Waals surface area (Å²) in [5.41, 5.74) is 2.44. The molecule has 1 saturated carbocycles. The third-order valence-corrected chi connectivity index (χ3v) is 4.17. The Morgan fingerprint density at radius 2 is 1.82 bits per heavy atom. The van der Waals surface area contributed by atoms with Crippen LogP contribution in [0.4, 0.5) is 5.69 Å². The molecule has 0 unspecified atom stereocenters. The van der Waals surface area contributed by atoms with E-state index >= 15 is 0 Å². The molecule has 6 heteroatoms. The zero-order valence-corrected chi connectivity index (χ0v) is 12.3. The van der Waals surface area contributed by atoms with Crippen LogP contribution in [-0.4, -0.2) is 15.8 Å². The number of hydrogen-bond donors (Lipinski definition) is 1. The van der Waals surface area contributed by atoms with E-state index in [9.17, 15) is 15.3 Å². The summed E-state index contributed by atoms with van der Waals surface area (Å²) in [5, 5.41) is 24.1. The Hall–Kier alpha value is -2.40. The summed E-state index contributed by atoms with van der Waals surface area (Å²) in [6.45, 7) is 0. The van der Waals surface area contributed by atoms with Crippen LogP contribution < -0.4 is 0 Å². The number of oxime groups is 1. The molecule has 0 amide bonds. The van der Waals surface area contributed by atoms with Crippen LogP contribution in [0.3, 0.4) is 0 Å². The topological polar surface area (TPSA) is 75.7 Å². The van der Waals surface area contributed by atoms with E-state index in [2.05, 4.69) is 5.16 Å². The quantitative estimate of drug-likeness (QED) is 0.397. The van der Waals surface area contributed by atoms with E-state index in [1.807, 2.05) is 24.3 Å². The molecule has 0 aliphatic heterocycles. The van der Waals surface area contributed by atoms with Crippen LogP contribution in [0, 0.1) is 16.0 Å². The van der Waals surface area contributed by atoms with Gasteiger partial charge < -0.3 is 5.21 Å². The maximum Gasteiger partial charge on any atom is 0.269 e. The number of nitro benzene ring substituents is 1. The number of non-ortho nitro benzene ring substituents is 1. The molecule has 2 atom stereocenters. The van der Waals surface area contributed by atoms with E-state index in [1.54, 1.807) is 12.1 Å². The molecule has 0 heterocycles. The van der Waals surface area contributed by atoms with Crippen LogP contribution in [0.2, 0.25) is 5.02 Å². The second-order valence-corrected chi connectivity index (χ2v) is 5.73. The molecule has 1 fully saturated rings. The van der Waals surface area contributed by atoms with Crippen molar-refractivity contribution >= 4 is 23.0 Å². The molecule has 0 aromatic heterocycles. The predicted molar refractivity (Wildman–Crippen MR) is 83.7 cm³/mol. The molecule has 0 bridgehead atoms. The third-order valence-electron chi connectivity index (χ3n) is 3.92. The first-order chi connectivity index (χ1) is 10.6. The van der Waals surface area contributed by atoms with Crippen molar-refractivity contribution in [3.8, 4) is 0 Å². The molecule has 1 aliphatic carbocycles. The second kappa shape index (κ2) is 5.77. The van der Waals surface area contributed by atoms with Crippen LogP contribution in [0.5, 0.6) is 0 Å². The highest BCUT2D eigenvalue weighted by Gasteiger charge is 2.43. The van der Waals surface area contributed by atoms with Crippen LogP contribution in [0.25, 0.3) is 0 Å². The molecule has 2 aromatic rings. The first-order valence-electron chi connectivity index (χ1n) is 6.82. The van der Waals surface area contributed by atoms with Crippen molar-refractivity contribution in [2.75, 3.05) is 0 Å². The van der Waals surface area contributed by atoms with Crippen molar-refractivity contribution < 1.29 is 10.1 Å². The van der Waals surface area contributed by atoms with Crippen LogP contribution in [0.1, 0.15) is 23.5 Å². The van der Waals surface area contributed by atoms with Gasteiger partial charge in [0.1, 0.15) is 0 Å². The summed E-state index contributed by atoms with van der Waals surface area (Å²) < 4.78 is 0. The molecular formula is C16H13ClN2O3. The minimum atomic E-state index is -0.451. The molecule has 22 heavy (non-hydrogen) atoms. The lowest BCUT2D eigenvalue weighted by molar-refractivity contribution is -0.384. The minimum absolute atomic E-state index is 0.0195. The highest BCUT2D eigenvalue weighted by atomic mass is 35.5. The lowest BCUT2D eigenvalue weighted by Gasteiger charge is -2.05. The van der Waals surface area contributed by atoms with Gasteiger partial charge in [-0.25, -0.2) is 0 Å². The van der Waals surface area contributed by atoms with Gasteiger partial charge in [0.25, 0.3) is 5.69 Å². The van der Waals surface area contributed by atoms with E-state index < -0.39 is 4.92 Å². The average molecular weight is 317 g/mol. The fourth-order valence-electron chi connectivity index (χ4n) is 2.68. The molecule has 112 valence electrons. The van der Waals surface area contributed by atoms with Crippen LogP contribution >= 0.6 is 11.6 Å². The maximum atomic E-state index is 10.7. The monoisotopic (exact) mass is 316 g/mol. The number of halogens is 1. The Balaban J connectivity index is 1.79. The molecule has 1 N–H and O–H groups in total. The van der Waals surface area contributed by atoms with Gasteiger partial charge in [0.2, 0.25) is 0 Å². The standard InChI is InChI=1S/C16H13ClN2O3/c17-12-5-1-10(2-6-12)14-9-15(14)16(18-20)11-3-7-13(8-4-11)19(21)22/h1-8,14-15,20H,9H2/b18-16-/t14-,15-/m1/s1. The lowest BCUT2D eigenvalue weighted by atomic mass is 10.0. The molecule has 0 spiro atoms. The summed E-state index contributed by atoms with van der Waals surface area (Å²) >= 11 is 5.88. The Bertz CT molecular complexity index is 726. The SMILES string of the molecule is O=[N+]([O-])c1ccc(/C(=N/O)[C@@H]2C[C@@H]2c2ccc(Cl)cc2)cc1. The predicted octanol–water partition coefficient (Wildman–Crippen LogP) is 4.23. The largest absolute Gasteiger partial charge is 0.411 e. The van der Waals surface area contributed by atoms with Crippen molar-refractivity contribution in [2.24, 2.45) is 11.1 Å². The highest BCUT2D eigenvalue weighted by Crippen LogP contribution is 2.49. The molecule has 3 rings (SSSR count). The fourth-order valence-corrected chi connectivity index (χ4v) is 2.80. The second-order valence-electron chi connectivity index (χ2n) is 5.29. The number of nitrogens with zero attached hydrogens (tertiary/aromatic N) is 2. The molecule has 2 aromatic carbocycles. The summed E-state index contributed by atoms with van der Waals surface area (Å²) in [4.78, 5) is 10.2. The summed E-state index contributed by atoms with van der Waals surface area (Å²) in [6.07, 6.45) is 0.887.